The van der Waals surface area contributed by atoms with E-state index in [1.165, 1.54) is 18.7 Å². The summed E-state index contributed by atoms with van der Waals surface area (Å²) in [6, 6.07) is 10.4. The van der Waals surface area contributed by atoms with Crippen molar-refractivity contribution in [3.63, 3.8) is 0 Å². The van der Waals surface area contributed by atoms with Crippen LogP contribution < -0.4 is 10.7 Å². The maximum absolute atomic E-state index is 12.8. The molecule has 1 fully saturated rings. The molecule has 0 radical (unpaired) electrons. The van der Waals surface area contributed by atoms with Gasteiger partial charge in [0.2, 0.25) is 0 Å². The summed E-state index contributed by atoms with van der Waals surface area (Å²) in [7, 11) is 0. The van der Waals surface area contributed by atoms with E-state index in [4.69, 9.17) is 23.2 Å². The number of hydrazone groups is 1. The van der Waals surface area contributed by atoms with E-state index < -0.39 is 5.91 Å². The van der Waals surface area contributed by atoms with Crippen LogP contribution >= 0.6 is 23.2 Å². The van der Waals surface area contributed by atoms with Crippen molar-refractivity contribution in [1.29, 1.82) is 0 Å². The number of aryl methyl sites for hydroxylation is 1. The van der Waals surface area contributed by atoms with Gasteiger partial charge in [0, 0.05) is 27.8 Å². The lowest BCUT2D eigenvalue weighted by atomic mass is 9.95. The van der Waals surface area contributed by atoms with Gasteiger partial charge in [0.15, 0.2) is 0 Å². The Bertz CT molecular complexity index is 1210. The molecule has 176 valence electrons. The fraction of sp³-hybridized carbons (Fsp3) is 0.280. The first-order valence-corrected chi connectivity index (χ1v) is 11.9. The molecule has 1 aromatic heterocycles. The summed E-state index contributed by atoms with van der Waals surface area (Å²) in [5.41, 5.74) is 5.43. The van der Waals surface area contributed by atoms with E-state index in [1.54, 1.807) is 29.2 Å². The van der Waals surface area contributed by atoms with Crippen molar-refractivity contribution in [2.45, 2.75) is 45.1 Å². The summed E-state index contributed by atoms with van der Waals surface area (Å²) in [6.45, 7) is 1.95. The van der Waals surface area contributed by atoms with Crippen molar-refractivity contribution in [2.75, 3.05) is 0 Å². The Balaban J connectivity index is 1.44. The summed E-state index contributed by atoms with van der Waals surface area (Å²) in [5.74, 6) is -0.804. The highest BCUT2D eigenvalue weighted by Gasteiger charge is 2.21. The van der Waals surface area contributed by atoms with Gasteiger partial charge in [-0.3, -0.25) is 9.59 Å². The van der Waals surface area contributed by atoms with Crippen LogP contribution in [-0.4, -0.2) is 33.9 Å². The van der Waals surface area contributed by atoms with Gasteiger partial charge in [-0.2, -0.15) is 10.2 Å². The smallest absolute Gasteiger partial charge is 0.272 e. The van der Waals surface area contributed by atoms with Crippen molar-refractivity contribution in [1.82, 2.24) is 20.5 Å². The lowest BCUT2D eigenvalue weighted by Crippen LogP contribution is -2.37. The van der Waals surface area contributed by atoms with Crippen LogP contribution in [0.3, 0.4) is 0 Å². The van der Waals surface area contributed by atoms with E-state index in [-0.39, 0.29) is 23.1 Å². The minimum Gasteiger partial charge on any atom is -0.349 e. The first-order chi connectivity index (χ1) is 16.4. The minimum absolute atomic E-state index is 0.130. The summed E-state index contributed by atoms with van der Waals surface area (Å²) < 4.78 is 1.67. The van der Waals surface area contributed by atoms with Crippen LogP contribution in [0.2, 0.25) is 10.0 Å². The predicted octanol–water partition coefficient (Wildman–Crippen LogP) is 5.31. The molecule has 0 spiro atoms. The Morgan fingerprint density at radius 1 is 1.03 bits per heavy atom. The van der Waals surface area contributed by atoms with Gasteiger partial charge >= 0.3 is 0 Å². The number of rotatable bonds is 6. The van der Waals surface area contributed by atoms with Crippen LogP contribution in [0, 0.1) is 6.92 Å². The number of amides is 2. The fourth-order valence-electron chi connectivity index (χ4n) is 4.03. The SMILES string of the molecule is Cc1cc(Cl)cc(-n2cc(/C=N/NC(=O)c3cc(Cl)ccc3C(=O)NC3CCCCC3)cn2)c1. The van der Waals surface area contributed by atoms with Gasteiger partial charge in [-0.05, 0) is 61.7 Å². The van der Waals surface area contributed by atoms with Crippen molar-refractivity contribution < 1.29 is 9.59 Å². The van der Waals surface area contributed by atoms with Crippen molar-refractivity contribution in [3.05, 3.63) is 81.1 Å². The first-order valence-electron chi connectivity index (χ1n) is 11.1. The minimum atomic E-state index is -0.523. The second-order valence-corrected chi connectivity index (χ2v) is 9.28. The van der Waals surface area contributed by atoms with Crippen LogP contribution in [0.15, 0.2) is 53.9 Å². The predicted molar refractivity (Wildman–Crippen MR) is 134 cm³/mol. The highest BCUT2D eigenvalue weighted by atomic mass is 35.5. The zero-order valence-corrected chi connectivity index (χ0v) is 20.2. The molecule has 2 amide bonds. The quantitative estimate of drug-likeness (QED) is 0.357. The third-order valence-electron chi connectivity index (χ3n) is 5.68. The lowest BCUT2D eigenvalue weighted by molar-refractivity contribution is 0.0904. The Hall–Kier alpha value is -3.16. The number of nitrogens with one attached hydrogen (secondary N) is 2. The summed E-state index contributed by atoms with van der Waals surface area (Å²) in [4.78, 5) is 25.6. The van der Waals surface area contributed by atoms with Crippen molar-refractivity contribution in [2.24, 2.45) is 5.10 Å². The molecule has 7 nitrogen and oxygen atoms in total. The molecule has 0 unspecified atom stereocenters. The molecule has 1 aliphatic rings. The van der Waals surface area contributed by atoms with Gasteiger partial charge in [-0.1, -0.05) is 42.5 Å². The number of aromatic nitrogens is 2. The number of benzene rings is 2. The molecular formula is C25H25Cl2N5O2. The fourth-order valence-corrected chi connectivity index (χ4v) is 4.49. The third kappa shape index (κ3) is 6.04. The average Bonchev–Trinajstić information content (AvgIpc) is 3.28. The normalized spacial score (nSPS) is 14.3. The summed E-state index contributed by atoms with van der Waals surface area (Å²) in [5, 5.41) is 12.4. The summed E-state index contributed by atoms with van der Waals surface area (Å²) >= 11 is 12.2. The molecule has 0 aliphatic heterocycles. The van der Waals surface area contributed by atoms with E-state index in [9.17, 15) is 9.59 Å². The van der Waals surface area contributed by atoms with Crippen molar-refractivity contribution in [3.8, 4) is 5.69 Å². The van der Waals surface area contributed by atoms with Crippen LogP contribution in [0.1, 0.15) is 63.9 Å². The third-order valence-corrected chi connectivity index (χ3v) is 6.14. The summed E-state index contributed by atoms with van der Waals surface area (Å²) in [6.07, 6.45) is 10.2. The molecule has 1 heterocycles. The molecule has 1 saturated carbocycles. The Morgan fingerprint density at radius 2 is 1.82 bits per heavy atom. The molecule has 34 heavy (non-hydrogen) atoms. The van der Waals surface area contributed by atoms with E-state index >= 15 is 0 Å². The highest BCUT2D eigenvalue weighted by molar-refractivity contribution is 6.31. The second kappa shape index (κ2) is 10.8. The maximum atomic E-state index is 12.8. The van der Waals surface area contributed by atoms with Crippen LogP contribution in [-0.2, 0) is 0 Å². The van der Waals surface area contributed by atoms with E-state index in [1.807, 2.05) is 25.1 Å². The van der Waals surface area contributed by atoms with Gasteiger partial charge in [-0.15, -0.1) is 0 Å². The molecule has 2 N–H and O–H groups in total. The molecule has 4 rings (SSSR count). The van der Waals surface area contributed by atoms with Gasteiger partial charge < -0.3 is 5.32 Å². The molecule has 0 atom stereocenters. The number of carbonyl (C=O) groups is 2. The zero-order chi connectivity index (χ0) is 24.1. The first kappa shape index (κ1) is 24.0. The molecule has 0 saturated heterocycles. The van der Waals surface area contributed by atoms with Crippen LogP contribution in [0.4, 0.5) is 0 Å². The zero-order valence-electron chi connectivity index (χ0n) is 18.7. The molecule has 2 aromatic carbocycles. The monoisotopic (exact) mass is 497 g/mol. The van der Waals surface area contributed by atoms with Gasteiger partial charge in [0.25, 0.3) is 11.8 Å². The van der Waals surface area contributed by atoms with E-state index in [2.05, 4.69) is 20.9 Å². The van der Waals surface area contributed by atoms with E-state index in [0.29, 0.717) is 15.6 Å². The number of hydrogen-bond donors (Lipinski definition) is 2. The second-order valence-electron chi connectivity index (χ2n) is 8.40. The molecule has 9 heteroatoms. The van der Waals surface area contributed by atoms with Gasteiger partial charge in [0.05, 0.1) is 29.2 Å². The topological polar surface area (TPSA) is 88.4 Å². The highest BCUT2D eigenvalue weighted by Crippen LogP contribution is 2.21. The molecular weight excluding hydrogens is 473 g/mol. The molecule has 1 aliphatic carbocycles. The Labute approximate surface area is 208 Å². The van der Waals surface area contributed by atoms with E-state index in [0.717, 1.165) is 36.9 Å². The van der Waals surface area contributed by atoms with Crippen molar-refractivity contribution >= 4 is 41.2 Å². The average molecular weight is 498 g/mol. The number of halogens is 2. The molecule has 3 aromatic rings. The maximum Gasteiger partial charge on any atom is 0.272 e. The lowest BCUT2D eigenvalue weighted by Gasteiger charge is -2.23. The number of hydrogen-bond acceptors (Lipinski definition) is 4. The largest absolute Gasteiger partial charge is 0.349 e. The number of nitrogens with zero attached hydrogens (tertiary/aromatic N) is 3. The van der Waals surface area contributed by atoms with Crippen LogP contribution in [0.25, 0.3) is 5.69 Å². The van der Waals surface area contributed by atoms with Crippen LogP contribution in [0.5, 0.6) is 0 Å². The standard InChI is InChI=1S/C25H25Cl2N5O2/c1-16-9-19(27)11-21(10-16)32-15-17(14-29-32)13-28-31-25(34)23-12-18(26)7-8-22(23)24(33)30-20-5-3-2-4-6-20/h7-15,20H,2-6H2,1H3,(H,30,33)(H,31,34)/b28-13+. The Kier molecular flexibility index (Phi) is 7.65. The molecule has 0 bridgehead atoms. The van der Waals surface area contributed by atoms with Gasteiger partial charge in [-0.25, -0.2) is 10.1 Å². The Morgan fingerprint density at radius 3 is 2.59 bits per heavy atom. The van der Waals surface area contributed by atoms with Gasteiger partial charge in [0.1, 0.15) is 0 Å². The number of carbonyl (C=O) groups excluding carboxylic acids is 2.